The van der Waals surface area contributed by atoms with Crippen molar-refractivity contribution in [2.45, 2.75) is 19.8 Å². The Morgan fingerprint density at radius 3 is 2.70 bits per heavy atom. The summed E-state index contributed by atoms with van der Waals surface area (Å²) in [5, 5.41) is 6.45. The van der Waals surface area contributed by atoms with Gasteiger partial charge in [-0.25, -0.2) is 4.98 Å². The number of nitrogens with zero attached hydrogens (tertiary/aromatic N) is 2. The molecule has 106 valence electrons. The van der Waals surface area contributed by atoms with E-state index >= 15 is 0 Å². The van der Waals surface area contributed by atoms with Gasteiger partial charge in [-0.05, 0) is 41.3 Å². The summed E-state index contributed by atoms with van der Waals surface area (Å²) in [5.41, 5.74) is 1.37. The van der Waals surface area contributed by atoms with Crippen LogP contribution in [0.1, 0.15) is 18.9 Å². The zero-order chi connectivity index (χ0) is 14.2. The molecule has 2 rings (SSSR count). The summed E-state index contributed by atoms with van der Waals surface area (Å²) in [4.78, 5) is 8.62. The van der Waals surface area contributed by atoms with E-state index in [-0.39, 0.29) is 0 Å². The number of nitrogens with one attached hydrogen (secondary N) is 2. The summed E-state index contributed by atoms with van der Waals surface area (Å²) < 4.78 is 0.888. The Hall–Kier alpha value is -1.62. The number of halogens is 1. The first-order chi connectivity index (χ1) is 9.79. The largest absolute Gasteiger partial charge is 0.369 e. The average molecular weight is 335 g/mol. The topological polar surface area (TPSA) is 49.8 Å². The highest BCUT2D eigenvalue weighted by Gasteiger charge is 2.03. The Morgan fingerprint density at radius 2 is 1.95 bits per heavy atom. The Morgan fingerprint density at radius 1 is 1.15 bits per heavy atom. The second kappa shape index (κ2) is 7.85. The minimum Gasteiger partial charge on any atom is -0.369 e. The summed E-state index contributed by atoms with van der Waals surface area (Å²) in [6.07, 6.45) is 3.90. The van der Waals surface area contributed by atoms with Crippen molar-refractivity contribution in [3.05, 3.63) is 46.6 Å². The molecule has 0 fully saturated rings. The molecule has 1 heterocycles. The fourth-order valence-corrected chi connectivity index (χ4v) is 2.21. The maximum atomic E-state index is 4.43. The van der Waals surface area contributed by atoms with E-state index < -0.39 is 0 Å². The van der Waals surface area contributed by atoms with Crippen LogP contribution < -0.4 is 10.6 Å². The molecular formula is C15H19BrN4. The molecule has 0 aliphatic heterocycles. The molecule has 20 heavy (non-hydrogen) atoms. The number of aromatic nitrogens is 2. The van der Waals surface area contributed by atoms with Gasteiger partial charge in [-0.1, -0.05) is 30.3 Å². The van der Waals surface area contributed by atoms with Gasteiger partial charge in [-0.15, -0.1) is 0 Å². The predicted molar refractivity (Wildman–Crippen MR) is 87.1 cm³/mol. The van der Waals surface area contributed by atoms with Gasteiger partial charge in [0, 0.05) is 19.3 Å². The molecular weight excluding hydrogens is 316 g/mol. The molecule has 0 unspecified atom stereocenters. The van der Waals surface area contributed by atoms with Gasteiger partial charge < -0.3 is 10.6 Å². The molecule has 0 spiro atoms. The normalized spacial score (nSPS) is 10.3. The molecule has 0 saturated heterocycles. The monoisotopic (exact) mass is 334 g/mol. The lowest BCUT2D eigenvalue weighted by Crippen LogP contribution is -2.08. The summed E-state index contributed by atoms with van der Waals surface area (Å²) >= 11 is 3.46. The van der Waals surface area contributed by atoms with Crippen molar-refractivity contribution in [3.63, 3.8) is 0 Å². The van der Waals surface area contributed by atoms with Crippen molar-refractivity contribution in [2.24, 2.45) is 0 Å². The van der Waals surface area contributed by atoms with E-state index in [0.29, 0.717) is 5.95 Å². The molecule has 0 aliphatic rings. The minimum absolute atomic E-state index is 0.654. The molecule has 0 atom stereocenters. The average Bonchev–Trinajstić information content (AvgIpc) is 2.48. The van der Waals surface area contributed by atoms with Crippen LogP contribution in [0.3, 0.4) is 0 Å². The van der Waals surface area contributed by atoms with Crippen molar-refractivity contribution in [1.29, 1.82) is 0 Å². The molecule has 0 saturated carbocycles. The summed E-state index contributed by atoms with van der Waals surface area (Å²) in [6.45, 7) is 3.73. The number of rotatable bonds is 7. The highest BCUT2D eigenvalue weighted by molar-refractivity contribution is 9.10. The SMILES string of the molecule is CCNc1ncc(Br)c(NCCCc2ccccc2)n1. The number of anilines is 2. The Labute approximate surface area is 128 Å². The lowest BCUT2D eigenvalue weighted by Gasteiger charge is -2.09. The molecule has 0 aliphatic carbocycles. The Bertz CT molecular complexity index is 531. The molecule has 1 aromatic carbocycles. The van der Waals surface area contributed by atoms with Gasteiger partial charge in [0.05, 0.1) is 4.47 Å². The minimum atomic E-state index is 0.654. The molecule has 1 aromatic heterocycles. The van der Waals surface area contributed by atoms with Gasteiger partial charge in [-0.3, -0.25) is 0 Å². The van der Waals surface area contributed by atoms with Crippen molar-refractivity contribution in [3.8, 4) is 0 Å². The lowest BCUT2D eigenvalue weighted by atomic mass is 10.1. The maximum absolute atomic E-state index is 4.43. The van der Waals surface area contributed by atoms with Gasteiger partial charge in [0.25, 0.3) is 0 Å². The smallest absolute Gasteiger partial charge is 0.224 e. The summed E-state index contributed by atoms with van der Waals surface area (Å²) in [6, 6.07) is 10.5. The first-order valence-corrected chi connectivity index (χ1v) is 7.63. The Kier molecular flexibility index (Phi) is 5.80. The second-order valence-electron chi connectivity index (χ2n) is 4.44. The number of benzene rings is 1. The van der Waals surface area contributed by atoms with E-state index in [1.165, 1.54) is 5.56 Å². The van der Waals surface area contributed by atoms with Gasteiger partial charge in [0.15, 0.2) is 0 Å². The van der Waals surface area contributed by atoms with Gasteiger partial charge in [0.2, 0.25) is 5.95 Å². The molecule has 4 nitrogen and oxygen atoms in total. The molecule has 0 amide bonds. The van der Waals surface area contributed by atoms with Crippen LogP contribution in [0, 0.1) is 0 Å². The molecule has 2 aromatic rings. The first-order valence-electron chi connectivity index (χ1n) is 6.84. The molecule has 0 radical (unpaired) electrons. The maximum Gasteiger partial charge on any atom is 0.224 e. The van der Waals surface area contributed by atoms with Gasteiger partial charge >= 0.3 is 0 Å². The molecule has 5 heteroatoms. The van der Waals surface area contributed by atoms with E-state index in [1.807, 2.05) is 13.0 Å². The number of hydrogen-bond donors (Lipinski definition) is 2. The predicted octanol–water partition coefficient (Wildman–Crippen LogP) is 3.72. The third kappa shape index (κ3) is 4.49. The summed E-state index contributed by atoms with van der Waals surface area (Å²) in [7, 11) is 0. The van der Waals surface area contributed by atoms with E-state index in [4.69, 9.17) is 0 Å². The fraction of sp³-hybridized carbons (Fsp3) is 0.333. The van der Waals surface area contributed by atoms with Crippen LogP contribution in [0.2, 0.25) is 0 Å². The first kappa shape index (κ1) is 14.8. The zero-order valence-corrected chi connectivity index (χ0v) is 13.2. The lowest BCUT2D eigenvalue weighted by molar-refractivity contribution is 0.857. The van der Waals surface area contributed by atoms with Crippen LogP contribution in [-0.2, 0) is 6.42 Å². The van der Waals surface area contributed by atoms with E-state index in [1.54, 1.807) is 6.20 Å². The van der Waals surface area contributed by atoms with Crippen LogP contribution in [0.25, 0.3) is 0 Å². The van der Waals surface area contributed by atoms with Crippen molar-refractivity contribution < 1.29 is 0 Å². The third-order valence-electron chi connectivity index (χ3n) is 2.86. The quantitative estimate of drug-likeness (QED) is 0.757. The molecule has 2 N–H and O–H groups in total. The van der Waals surface area contributed by atoms with Crippen LogP contribution in [0.5, 0.6) is 0 Å². The van der Waals surface area contributed by atoms with Gasteiger partial charge in [-0.2, -0.15) is 4.98 Å². The van der Waals surface area contributed by atoms with E-state index in [0.717, 1.165) is 36.2 Å². The van der Waals surface area contributed by atoms with Crippen molar-refractivity contribution >= 4 is 27.7 Å². The molecule has 0 bridgehead atoms. The second-order valence-corrected chi connectivity index (χ2v) is 5.29. The standard InChI is InChI=1S/C15H19BrN4/c1-2-17-15-19-11-13(16)14(20-15)18-10-6-9-12-7-4-3-5-8-12/h3-5,7-8,11H,2,6,9-10H2,1H3,(H2,17,18,19,20). The van der Waals surface area contributed by atoms with E-state index in [2.05, 4.69) is 60.8 Å². The highest BCUT2D eigenvalue weighted by Crippen LogP contribution is 2.20. The number of aryl methyl sites for hydroxylation is 1. The third-order valence-corrected chi connectivity index (χ3v) is 3.44. The van der Waals surface area contributed by atoms with E-state index in [9.17, 15) is 0 Å². The van der Waals surface area contributed by atoms with Crippen LogP contribution >= 0.6 is 15.9 Å². The fourth-order valence-electron chi connectivity index (χ4n) is 1.88. The van der Waals surface area contributed by atoms with Crippen LogP contribution in [-0.4, -0.2) is 23.1 Å². The highest BCUT2D eigenvalue weighted by atomic mass is 79.9. The summed E-state index contributed by atoms with van der Waals surface area (Å²) in [5.74, 6) is 1.49. The Balaban J connectivity index is 1.83. The van der Waals surface area contributed by atoms with Crippen molar-refractivity contribution in [2.75, 3.05) is 23.7 Å². The van der Waals surface area contributed by atoms with Crippen LogP contribution in [0.4, 0.5) is 11.8 Å². The zero-order valence-electron chi connectivity index (χ0n) is 11.6. The van der Waals surface area contributed by atoms with Crippen LogP contribution in [0.15, 0.2) is 41.0 Å². The van der Waals surface area contributed by atoms with Gasteiger partial charge in [0.1, 0.15) is 5.82 Å². The number of hydrogen-bond acceptors (Lipinski definition) is 4. The van der Waals surface area contributed by atoms with Crippen molar-refractivity contribution in [1.82, 2.24) is 9.97 Å².